The van der Waals surface area contributed by atoms with Gasteiger partial charge < -0.3 is 4.74 Å². The van der Waals surface area contributed by atoms with Gasteiger partial charge in [0.2, 0.25) is 0 Å². The molecule has 0 saturated carbocycles. The van der Waals surface area contributed by atoms with Gasteiger partial charge in [-0.05, 0) is 42.8 Å². The van der Waals surface area contributed by atoms with Gasteiger partial charge in [0, 0.05) is 23.6 Å². The highest BCUT2D eigenvalue weighted by atomic mass is 16.5. The topological polar surface area (TPSA) is 27.1 Å². The summed E-state index contributed by atoms with van der Waals surface area (Å²) in [5, 5.41) is 0. The fourth-order valence-corrected chi connectivity index (χ4v) is 2.29. The lowest BCUT2D eigenvalue weighted by Crippen LogP contribution is -1.98. The van der Waals surface area contributed by atoms with Gasteiger partial charge in [0.05, 0.1) is 7.11 Å². The molecule has 0 fully saturated rings. The number of imidazole rings is 1. The van der Waals surface area contributed by atoms with Gasteiger partial charge in [-0.15, -0.1) is 0 Å². The SMILES string of the molecule is COc1ccc(-c2nccn2-c2ccccc2C)cc1. The first kappa shape index (κ1) is 12.5. The van der Waals surface area contributed by atoms with E-state index < -0.39 is 0 Å². The van der Waals surface area contributed by atoms with Crippen LogP contribution in [0.5, 0.6) is 5.75 Å². The van der Waals surface area contributed by atoms with Crippen molar-refractivity contribution in [3.05, 3.63) is 66.5 Å². The zero-order valence-electron chi connectivity index (χ0n) is 11.6. The van der Waals surface area contributed by atoms with E-state index in [0.29, 0.717) is 0 Å². The number of nitrogens with zero attached hydrogens (tertiary/aromatic N) is 2. The van der Waals surface area contributed by atoms with E-state index in [4.69, 9.17) is 4.74 Å². The molecule has 0 aliphatic carbocycles. The first-order chi connectivity index (χ1) is 9.79. The van der Waals surface area contributed by atoms with E-state index in [1.165, 1.54) is 5.56 Å². The highest BCUT2D eigenvalue weighted by Crippen LogP contribution is 2.24. The molecule has 3 nitrogen and oxygen atoms in total. The molecule has 0 aliphatic heterocycles. The van der Waals surface area contributed by atoms with Crippen molar-refractivity contribution in [3.8, 4) is 22.8 Å². The molecule has 1 aromatic heterocycles. The minimum absolute atomic E-state index is 0.850. The lowest BCUT2D eigenvalue weighted by Gasteiger charge is -2.11. The molecular weight excluding hydrogens is 248 g/mol. The van der Waals surface area contributed by atoms with Crippen LogP contribution in [0.2, 0.25) is 0 Å². The van der Waals surface area contributed by atoms with E-state index in [1.54, 1.807) is 7.11 Å². The highest BCUT2D eigenvalue weighted by molar-refractivity contribution is 5.60. The number of para-hydroxylation sites is 1. The van der Waals surface area contributed by atoms with Crippen LogP contribution in [0, 0.1) is 6.92 Å². The molecule has 3 rings (SSSR count). The molecule has 1 heterocycles. The predicted octanol–water partition coefficient (Wildman–Crippen LogP) is 3.86. The van der Waals surface area contributed by atoms with Gasteiger partial charge in [-0.1, -0.05) is 18.2 Å². The second-order valence-electron chi connectivity index (χ2n) is 4.64. The lowest BCUT2D eigenvalue weighted by atomic mass is 10.1. The monoisotopic (exact) mass is 264 g/mol. The number of rotatable bonds is 3. The van der Waals surface area contributed by atoms with Gasteiger partial charge in [0.25, 0.3) is 0 Å². The number of aryl methyl sites for hydroxylation is 1. The van der Waals surface area contributed by atoms with Crippen LogP contribution in [0.3, 0.4) is 0 Å². The Bertz CT molecular complexity index is 714. The molecule has 0 spiro atoms. The predicted molar refractivity (Wildman–Crippen MR) is 80.3 cm³/mol. The third kappa shape index (κ3) is 2.18. The molecule has 0 bridgehead atoms. The lowest BCUT2D eigenvalue weighted by molar-refractivity contribution is 0.415. The summed E-state index contributed by atoms with van der Waals surface area (Å²) in [5.41, 5.74) is 3.44. The third-order valence-electron chi connectivity index (χ3n) is 3.36. The maximum absolute atomic E-state index is 5.19. The molecule has 0 radical (unpaired) electrons. The van der Waals surface area contributed by atoms with E-state index >= 15 is 0 Å². The standard InChI is InChI=1S/C17H16N2O/c1-13-5-3-4-6-16(13)19-12-11-18-17(19)14-7-9-15(20-2)10-8-14/h3-12H,1-2H3. The molecule has 2 aromatic carbocycles. The van der Waals surface area contributed by atoms with Crippen molar-refractivity contribution in [3.63, 3.8) is 0 Å². The molecule has 0 saturated heterocycles. The second kappa shape index (κ2) is 5.21. The third-order valence-corrected chi connectivity index (χ3v) is 3.36. The van der Waals surface area contributed by atoms with E-state index in [1.807, 2.05) is 48.8 Å². The Labute approximate surface area is 118 Å². The molecular formula is C17H16N2O. The van der Waals surface area contributed by atoms with Crippen LogP contribution in [0.4, 0.5) is 0 Å². The summed E-state index contributed by atoms with van der Waals surface area (Å²) in [6, 6.07) is 16.2. The van der Waals surface area contributed by atoms with Gasteiger partial charge in [0.15, 0.2) is 0 Å². The number of ether oxygens (including phenoxy) is 1. The average molecular weight is 264 g/mol. The Balaban J connectivity index is 2.08. The van der Waals surface area contributed by atoms with Crippen molar-refractivity contribution in [2.75, 3.05) is 7.11 Å². The van der Waals surface area contributed by atoms with Crippen molar-refractivity contribution in [1.29, 1.82) is 0 Å². The molecule has 0 unspecified atom stereocenters. The van der Waals surface area contributed by atoms with Crippen molar-refractivity contribution < 1.29 is 4.74 Å². The molecule has 3 aromatic rings. The second-order valence-corrected chi connectivity index (χ2v) is 4.64. The van der Waals surface area contributed by atoms with E-state index in [2.05, 4.69) is 28.6 Å². The summed E-state index contributed by atoms with van der Waals surface area (Å²) in [4.78, 5) is 4.48. The van der Waals surface area contributed by atoms with Crippen LogP contribution in [-0.4, -0.2) is 16.7 Å². The van der Waals surface area contributed by atoms with Gasteiger partial charge in [-0.25, -0.2) is 4.98 Å². The molecule has 100 valence electrons. The first-order valence-electron chi connectivity index (χ1n) is 6.53. The Kier molecular flexibility index (Phi) is 3.25. The maximum atomic E-state index is 5.19. The van der Waals surface area contributed by atoms with Crippen LogP contribution in [0.25, 0.3) is 17.1 Å². The fourth-order valence-electron chi connectivity index (χ4n) is 2.29. The number of benzene rings is 2. The van der Waals surface area contributed by atoms with E-state index in [0.717, 1.165) is 22.8 Å². The van der Waals surface area contributed by atoms with Crippen molar-refractivity contribution in [2.45, 2.75) is 6.92 Å². The van der Waals surface area contributed by atoms with Crippen LogP contribution >= 0.6 is 0 Å². The van der Waals surface area contributed by atoms with Crippen LogP contribution < -0.4 is 4.74 Å². The van der Waals surface area contributed by atoms with Crippen molar-refractivity contribution in [1.82, 2.24) is 9.55 Å². The zero-order valence-corrected chi connectivity index (χ0v) is 11.6. The van der Waals surface area contributed by atoms with Gasteiger partial charge >= 0.3 is 0 Å². The molecule has 3 heteroatoms. The van der Waals surface area contributed by atoms with Crippen molar-refractivity contribution in [2.24, 2.45) is 0 Å². The summed E-state index contributed by atoms with van der Waals surface area (Å²) in [6.45, 7) is 2.10. The van der Waals surface area contributed by atoms with Gasteiger partial charge in [-0.2, -0.15) is 0 Å². The van der Waals surface area contributed by atoms with Gasteiger partial charge in [-0.3, -0.25) is 4.57 Å². The van der Waals surface area contributed by atoms with E-state index in [-0.39, 0.29) is 0 Å². The Morgan fingerprint density at radius 3 is 2.45 bits per heavy atom. The molecule has 0 N–H and O–H groups in total. The molecule has 0 atom stereocenters. The number of hydrogen-bond acceptors (Lipinski definition) is 2. The zero-order chi connectivity index (χ0) is 13.9. The smallest absolute Gasteiger partial charge is 0.144 e. The van der Waals surface area contributed by atoms with Crippen LogP contribution in [-0.2, 0) is 0 Å². The normalized spacial score (nSPS) is 10.5. The van der Waals surface area contributed by atoms with Crippen LogP contribution in [0.15, 0.2) is 60.9 Å². The minimum atomic E-state index is 0.850. The summed E-state index contributed by atoms with van der Waals surface area (Å²) in [7, 11) is 1.67. The minimum Gasteiger partial charge on any atom is -0.497 e. The maximum Gasteiger partial charge on any atom is 0.144 e. The Morgan fingerprint density at radius 1 is 1.00 bits per heavy atom. The molecule has 0 amide bonds. The quantitative estimate of drug-likeness (QED) is 0.718. The summed E-state index contributed by atoms with van der Waals surface area (Å²) < 4.78 is 7.30. The van der Waals surface area contributed by atoms with Gasteiger partial charge in [0.1, 0.15) is 11.6 Å². The number of aromatic nitrogens is 2. The van der Waals surface area contributed by atoms with Crippen LogP contribution in [0.1, 0.15) is 5.56 Å². The highest BCUT2D eigenvalue weighted by Gasteiger charge is 2.09. The first-order valence-corrected chi connectivity index (χ1v) is 6.53. The largest absolute Gasteiger partial charge is 0.497 e. The molecule has 20 heavy (non-hydrogen) atoms. The van der Waals surface area contributed by atoms with E-state index in [9.17, 15) is 0 Å². The number of methoxy groups -OCH3 is 1. The molecule has 0 aliphatic rings. The summed E-state index contributed by atoms with van der Waals surface area (Å²) >= 11 is 0. The number of hydrogen-bond donors (Lipinski definition) is 0. The Hall–Kier alpha value is -2.55. The summed E-state index contributed by atoms with van der Waals surface area (Å²) in [5.74, 6) is 1.78. The fraction of sp³-hybridized carbons (Fsp3) is 0.118. The van der Waals surface area contributed by atoms with Crippen molar-refractivity contribution >= 4 is 0 Å². The summed E-state index contributed by atoms with van der Waals surface area (Å²) in [6.07, 6.45) is 3.81. The Morgan fingerprint density at radius 2 is 1.75 bits per heavy atom. The average Bonchev–Trinajstić information content (AvgIpc) is 2.97.